The number of rotatable bonds is 3. The van der Waals surface area contributed by atoms with Gasteiger partial charge in [0.25, 0.3) is 5.56 Å². The molecule has 0 radical (unpaired) electrons. The van der Waals surface area contributed by atoms with Gasteiger partial charge < -0.3 is 9.67 Å². The van der Waals surface area contributed by atoms with Gasteiger partial charge in [0.1, 0.15) is 0 Å². The number of thioether (sulfide) groups is 1. The van der Waals surface area contributed by atoms with E-state index in [-0.39, 0.29) is 16.3 Å². The maximum Gasteiger partial charge on any atom is 0.313 e. The molecular weight excluding hydrogens is 192 g/mol. The van der Waals surface area contributed by atoms with Crippen LogP contribution in [0.5, 0.6) is 0 Å². The average Bonchev–Trinajstić information content (AvgIpc) is 2.07. The Balaban J connectivity index is 2.84. The topological polar surface area (TPSA) is 72.2 Å². The molecule has 0 bridgehead atoms. The lowest BCUT2D eigenvalue weighted by atomic mass is 10.7. The van der Waals surface area contributed by atoms with Crippen molar-refractivity contribution in [2.24, 2.45) is 7.05 Å². The average molecular weight is 200 g/mol. The van der Waals surface area contributed by atoms with Crippen molar-refractivity contribution in [3.05, 3.63) is 22.7 Å². The predicted octanol–water partition coefficient (Wildman–Crippen LogP) is -0.0430. The summed E-state index contributed by atoms with van der Waals surface area (Å²) in [6.45, 7) is 0. The van der Waals surface area contributed by atoms with Gasteiger partial charge >= 0.3 is 5.97 Å². The third-order valence-electron chi connectivity index (χ3n) is 1.32. The summed E-state index contributed by atoms with van der Waals surface area (Å²) in [7, 11) is 1.59. The number of nitrogens with zero attached hydrogens (tertiary/aromatic N) is 2. The number of carboxylic acid groups (broad SMARTS) is 1. The number of carboxylic acids is 1. The van der Waals surface area contributed by atoms with Crippen LogP contribution in [0.15, 0.2) is 22.2 Å². The number of hydrogen-bond donors (Lipinski definition) is 1. The fourth-order valence-electron chi connectivity index (χ4n) is 0.704. The minimum atomic E-state index is -0.960. The first-order chi connectivity index (χ1) is 6.11. The molecule has 0 atom stereocenters. The van der Waals surface area contributed by atoms with Gasteiger partial charge in [0.05, 0.1) is 5.75 Å². The van der Waals surface area contributed by atoms with Crippen molar-refractivity contribution in [2.75, 3.05) is 5.75 Å². The van der Waals surface area contributed by atoms with Crippen LogP contribution >= 0.6 is 11.8 Å². The quantitative estimate of drug-likeness (QED) is 0.693. The van der Waals surface area contributed by atoms with Gasteiger partial charge in [-0.3, -0.25) is 9.59 Å². The van der Waals surface area contributed by atoms with Crippen molar-refractivity contribution in [1.82, 2.24) is 9.55 Å². The highest BCUT2D eigenvalue weighted by Crippen LogP contribution is 2.08. The van der Waals surface area contributed by atoms with Crippen LogP contribution in [0.4, 0.5) is 0 Å². The van der Waals surface area contributed by atoms with Gasteiger partial charge in [0, 0.05) is 19.4 Å². The number of aromatic nitrogens is 2. The van der Waals surface area contributed by atoms with Gasteiger partial charge in [-0.2, -0.15) is 0 Å². The van der Waals surface area contributed by atoms with Gasteiger partial charge in [-0.15, -0.1) is 0 Å². The fourth-order valence-corrected chi connectivity index (χ4v) is 1.37. The van der Waals surface area contributed by atoms with E-state index in [0.29, 0.717) is 0 Å². The van der Waals surface area contributed by atoms with Crippen molar-refractivity contribution < 1.29 is 9.90 Å². The second-order valence-corrected chi connectivity index (χ2v) is 3.29. The zero-order valence-electron chi connectivity index (χ0n) is 6.93. The van der Waals surface area contributed by atoms with Crippen molar-refractivity contribution >= 4 is 17.7 Å². The van der Waals surface area contributed by atoms with Crippen LogP contribution < -0.4 is 5.56 Å². The summed E-state index contributed by atoms with van der Waals surface area (Å²) in [6.07, 6.45) is 2.98. The smallest absolute Gasteiger partial charge is 0.313 e. The molecule has 0 saturated heterocycles. The highest BCUT2D eigenvalue weighted by molar-refractivity contribution is 7.99. The van der Waals surface area contributed by atoms with Crippen LogP contribution in [0.25, 0.3) is 0 Å². The molecule has 1 aromatic rings. The van der Waals surface area contributed by atoms with E-state index in [1.807, 2.05) is 0 Å². The molecule has 0 unspecified atom stereocenters. The molecule has 0 aromatic carbocycles. The molecule has 1 N–H and O–H groups in total. The minimum Gasteiger partial charge on any atom is -0.481 e. The first-order valence-corrected chi connectivity index (χ1v) is 4.46. The maximum absolute atomic E-state index is 11.3. The molecule has 1 rings (SSSR count). The standard InChI is InChI=1S/C7H8N2O3S/c1-9-3-2-8-6(7(9)12)13-4-5(10)11/h2-3H,4H2,1H3,(H,10,11). The molecule has 0 aliphatic heterocycles. The van der Waals surface area contributed by atoms with Crippen molar-refractivity contribution in [3.8, 4) is 0 Å². The normalized spacial score (nSPS) is 9.92. The van der Waals surface area contributed by atoms with Crippen LogP contribution in [0.2, 0.25) is 0 Å². The number of hydrogen-bond acceptors (Lipinski definition) is 4. The van der Waals surface area contributed by atoms with Crippen molar-refractivity contribution in [3.63, 3.8) is 0 Å². The largest absolute Gasteiger partial charge is 0.481 e. The molecule has 0 fully saturated rings. The van der Waals surface area contributed by atoms with Crippen LogP contribution in [-0.4, -0.2) is 26.4 Å². The van der Waals surface area contributed by atoms with Crippen LogP contribution in [0, 0.1) is 0 Å². The first-order valence-electron chi connectivity index (χ1n) is 3.47. The number of aryl methyl sites for hydroxylation is 1. The van der Waals surface area contributed by atoms with E-state index >= 15 is 0 Å². The Hall–Kier alpha value is -1.30. The molecule has 0 aliphatic carbocycles. The number of carbonyl (C=O) groups is 1. The van der Waals surface area contributed by atoms with Gasteiger partial charge in [0.15, 0.2) is 5.03 Å². The van der Waals surface area contributed by atoms with E-state index < -0.39 is 5.97 Å². The minimum absolute atomic E-state index is 0.147. The molecule has 0 aliphatic rings. The molecule has 1 heterocycles. The third-order valence-corrected chi connectivity index (χ3v) is 2.26. The second-order valence-electron chi connectivity index (χ2n) is 2.33. The third kappa shape index (κ3) is 2.59. The van der Waals surface area contributed by atoms with Crippen LogP contribution in [0.3, 0.4) is 0 Å². The number of aliphatic carboxylic acids is 1. The molecule has 6 heteroatoms. The Morgan fingerprint density at radius 1 is 1.77 bits per heavy atom. The lowest BCUT2D eigenvalue weighted by Crippen LogP contribution is -2.19. The first kappa shape index (κ1) is 9.79. The second kappa shape index (κ2) is 4.08. The summed E-state index contributed by atoms with van der Waals surface area (Å²) >= 11 is 0.925. The van der Waals surface area contributed by atoms with E-state index in [0.717, 1.165) is 11.8 Å². The van der Waals surface area contributed by atoms with Gasteiger partial charge in [-0.25, -0.2) is 4.98 Å². The van der Waals surface area contributed by atoms with Crippen molar-refractivity contribution in [2.45, 2.75) is 5.03 Å². The van der Waals surface area contributed by atoms with Gasteiger partial charge in [-0.05, 0) is 0 Å². The molecule has 0 spiro atoms. The van der Waals surface area contributed by atoms with Crippen LogP contribution in [-0.2, 0) is 11.8 Å². The summed E-state index contributed by atoms with van der Waals surface area (Å²) in [6, 6.07) is 0. The highest BCUT2D eigenvalue weighted by atomic mass is 32.2. The molecule has 1 aromatic heterocycles. The Kier molecular flexibility index (Phi) is 3.07. The van der Waals surface area contributed by atoms with E-state index in [1.54, 1.807) is 7.05 Å². The SMILES string of the molecule is Cn1ccnc(SCC(=O)O)c1=O. The maximum atomic E-state index is 11.3. The Morgan fingerprint density at radius 3 is 3.08 bits per heavy atom. The van der Waals surface area contributed by atoms with Crippen molar-refractivity contribution in [1.29, 1.82) is 0 Å². The summed E-state index contributed by atoms with van der Waals surface area (Å²) in [5.41, 5.74) is -0.270. The molecule has 70 valence electrons. The Labute approximate surface area is 78.4 Å². The zero-order chi connectivity index (χ0) is 9.84. The summed E-state index contributed by atoms with van der Waals surface area (Å²) in [5.74, 6) is -1.11. The van der Waals surface area contributed by atoms with Gasteiger partial charge in [0.2, 0.25) is 0 Å². The van der Waals surface area contributed by atoms with E-state index in [4.69, 9.17) is 5.11 Å². The summed E-state index contributed by atoms with van der Waals surface area (Å²) in [5, 5.41) is 8.59. The summed E-state index contributed by atoms with van der Waals surface area (Å²) < 4.78 is 1.36. The zero-order valence-corrected chi connectivity index (χ0v) is 7.74. The lowest BCUT2D eigenvalue weighted by molar-refractivity contribution is -0.133. The van der Waals surface area contributed by atoms with Crippen LogP contribution in [0.1, 0.15) is 0 Å². The highest BCUT2D eigenvalue weighted by Gasteiger charge is 2.05. The monoisotopic (exact) mass is 200 g/mol. The molecule has 5 nitrogen and oxygen atoms in total. The van der Waals surface area contributed by atoms with E-state index in [9.17, 15) is 9.59 Å². The molecular formula is C7H8N2O3S. The fraction of sp³-hybridized carbons (Fsp3) is 0.286. The Bertz CT molecular complexity index is 374. The molecule has 13 heavy (non-hydrogen) atoms. The van der Waals surface area contributed by atoms with E-state index in [1.165, 1.54) is 17.0 Å². The molecule has 0 saturated carbocycles. The molecule has 0 amide bonds. The summed E-state index contributed by atoms with van der Waals surface area (Å²) in [4.78, 5) is 25.3. The Morgan fingerprint density at radius 2 is 2.46 bits per heavy atom. The van der Waals surface area contributed by atoms with E-state index in [2.05, 4.69) is 4.98 Å². The lowest BCUT2D eigenvalue weighted by Gasteiger charge is -1.98. The van der Waals surface area contributed by atoms with Gasteiger partial charge in [-0.1, -0.05) is 11.8 Å². The predicted molar refractivity (Wildman–Crippen MR) is 47.8 cm³/mol.